The number of rotatable bonds is 5. The van der Waals surface area contributed by atoms with Crippen molar-refractivity contribution in [2.45, 2.75) is 0 Å². The first-order chi connectivity index (χ1) is 11.7. The largest absolute Gasteiger partial charge is 0.484 e. The minimum Gasteiger partial charge on any atom is -0.484 e. The van der Waals surface area contributed by atoms with E-state index in [1.54, 1.807) is 30.3 Å². The van der Waals surface area contributed by atoms with Crippen molar-refractivity contribution < 1.29 is 9.53 Å². The molecule has 0 spiro atoms. The van der Waals surface area contributed by atoms with Gasteiger partial charge in [0.25, 0.3) is 5.91 Å². The number of amides is 1. The molecule has 3 rings (SSSR count). The first kappa shape index (κ1) is 15.3. The van der Waals surface area contributed by atoms with Crippen LogP contribution in [0.2, 0.25) is 0 Å². The van der Waals surface area contributed by atoms with E-state index in [9.17, 15) is 10.1 Å². The Hall–Kier alpha value is -3.59. The summed E-state index contributed by atoms with van der Waals surface area (Å²) in [5.74, 6) is 0.525. The van der Waals surface area contributed by atoms with Gasteiger partial charge in [-0.25, -0.2) is 4.98 Å². The Morgan fingerprint density at radius 1 is 1.25 bits per heavy atom. The molecule has 1 heterocycles. The van der Waals surface area contributed by atoms with E-state index in [1.165, 1.54) is 0 Å². The smallest absolute Gasteiger partial charge is 0.255 e. The number of imidazole rings is 1. The van der Waals surface area contributed by atoms with Crippen molar-refractivity contribution in [1.82, 2.24) is 9.97 Å². The average molecular weight is 318 g/mol. The molecule has 24 heavy (non-hydrogen) atoms. The Balaban J connectivity index is 1.85. The number of aromatic amines is 1. The number of allylic oxidation sites excluding steroid dienone is 1. The first-order valence-corrected chi connectivity index (χ1v) is 7.24. The van der Waals surface area contributed by atoms with E-state index in [0.717, 1.165) is 16.6 Å². The minimum atomic E-state index is -0.532. The zero-order chi connectivity index (χ0) is 16.9. The summed E-state index contributed by atoms with van der Waals surface area (Å²) in [6.07, 6.45) is 1.73. The number of benzene rings is 2. The average Bonchev–Trinajstić information content (AvgIpc) is 3.02. The van der Waals surface area contributed by atoms with Gasteiger partial charge >= 0.3 is 0 Å². The normalized spacial score (nSPS) is 11.2. The van der Waals surface area contributed by atoms with Crippen LogP contribution in [0.15, 0.2) is 48.5 Å². The zero-order valence-electron chi connectivity index (χ0n) is 12.7. The van der Waals surface area contributed by atoms with Gasteiger partial charge < -0.3 is 15.5 Å². The topological polar surface area (TPSA) is 105 Å². The Kier molecular flexibility index (Phi) is 4.25. The van der Waals surface area contributed by atoms with Crippen molar-refractivity contribution in [3.63, 3.8) is 0 Å². The lowest BCUT2D eigenvalue weighted by Gasteiger charge is -2.03. The molecule has 2 aromatic carbocycles. The number of hydrogen-bond donors (Lipinski definition) is 2. The van der Waals surface area contributed by atoms with E-state index in [-0.39, 0.29) is 6.61 Å². The second-order valence-corrected chi connectivity index (χ2v) is 5.10. The van der Waals surface area contributed by atoms with Gasteiger partial charge in [-0.2, -0.15) is 5.26 Å². The molecule has 0 saturated heterocycles. The fourth-order valence-corrected chi connectivity index (χ4v) is 2.22. The van der Waals surface area contributed by atoms with Gasteiger partial charge in [0.05, 0.1) is 16.6 Å². The second kappa shape index (κ2) is 6.67. The van der Waals surface area contributed by atoms with Crippen LogP contribution in [0.1, 0.15) is 11.4 Å². The van der Waals surface area contributed by atoms with Crippen LogP contribution in [0.5, 0.6) is 5.75 Å². The zero-order valence-corrected chi connectivity index (χ0v) is 12.7. The van der Waals surface area contributed by atoms with E-state index < -0.39 is 5.91 Å². The number of nitrogens with zero attached hydrogens (tertiary/aromatic N) is 2. The summed E-state index contributed by atoms with van der Waals surface area (Å²) in [5, 5.41) is 9.41. The maximum Gasteiger partial charge on any atom is 0.255 e. The number of aromatic nitrogens is 2. The Labute approximate surface area is 138 Å². The van der Waals surface area contributed by atoms with Crippen LogP contribution >= 0.6 is 0 Å². The maximum atomic E-state index is 10.7. The van der Waals surface area contributed by atoms with Crippen LogP contribution in [0.4, 0.5) is 0 Å². The molecular formula is C18H14N4O2. The van der Waals surface area contributed by atoms with Gasteiger partial charge in [-0.15, -0.1) is 0 Å². The summed E-state index contributed by atoms with van der Waals surface area (Å²) in [7, 11) is 0. The number of fused-ring (bicyclic) bond motifs is 1. The Bertz CT molecular complexity index is 916. The highest BCUT2D eigenvalue weighted by atomic mass is 16.5. The van der Waals surface area contributed by atoms with Crippen LogP contribution in [0.25, 0.3) is 22.7 Å². The van der Waals surface area contributed by atoms with Crippen molar-refractivity contribution in [1.29, 1.82) is 5.26 Å². The third-order valence-corrected chi connectivity index (χ3v) is 3.34. The molecule has 0 unspecified atom stereocenters. The standard InChI is InChI=1S/C18H14N4O2/c19-10-13(18-21-15-3-1-2-4-16(15)22-18)9-12-5-7-14(8-6-12)24-11-17(20)23/h1-9H,11H2,(H2,20,23)(H,21,22)/b13-9-. The quantitative estimate of drug-likeness (QED) is 0.705. The molecule has 0 fully saturated rings. The maximum absolute atomic E-state index is 10.7. The Morgan fingerprint density at radius 2 is 2.00 bits per heavy atom. The molecule has 1 aromatic heterocycles. The summed E-state index contributed by atoms with van der Waals surface area (Å²) in [6, 6.07) is 16.8. The molecule has 6 heteroatoms. The molecule has 0 atom stereocenters. The molecule has 118 valence electrons. The molecule has 0 bridgehead atoms. The van der Waals surface area contributed by atoms with Gasteiger partial charge in [0.15, 0.2) is 6.61 Å². The lowest BCUT2D eigenvalue weighted by Crippen LogP contribution is -2.19. The molecule has 3 aromatic rings. The number of primary amides is 1. The molecule has 0 saturated carbocycles. The molecule has 0 aliphatic rings. The molecule has 0 aliphatic carbocycles. The number of ether oxygens (including phenoxy) is 1. The fraction of sp³-hybridized carbons (Fsp3) is 0.0556. The summed E-state index contributed by atoms with van der Waals surface area (Å²) in [4.78, 5) is 18.3. The lowest BCUT2D eigenvalue weighted by atomic mass is 10.1. The minimum absolute atomic E-state index is 0.169. The molecule has 6 nitrogen and oxygen atoms in total. The third-order valence-electron chi connectivity index (χ3n) is 3.34. The molecule has 0 aliphatic heterocycles. The predicted octanol–water partition coefficient (Wildman–Crippen LogP) is 2.49. The summed E-state index contributed by atoms with van der Waals surface area (Å²) in [5.41, 5.74) is 7.96. The van der Waals surface area contributed by atoms with Crippen LogP contribution in [0, 0.1) is 11.3 Å². The number of carbonyl (C=O) groups excluding carboxylic acids is 1. The van der Waals surface area contributed by atoms with Gasteiger partial charge in [0, 0.05) is 0 Å². The highest BCUT2D eigenvalue weighted by molar-refractivity contribution is 5.90. The molecule has 0 radical (unpaired) electrons. The van der Waals surface area contributed by atoms with Crippen molar-refractivity contribution in [3.05, 3.63) is 59.9 Å². The molecule has 3 N–H and O–H groups in total. The van der Waals surface area contributed by atoms with Gasteiger partial charge in [-0.3, -0.25) is 4.79 Å². The van der Waals surface area contributed by atoms with E-state index in [2.05, 4.69) is 16.0 Å². The van der Waals surface area contributed by atoms with Gasteiger partial charge in [-0.1, -0.05) is 24.3 Å². The lowest BCUT2D eigenvalue weighted by molar-refractivity contribution is -0.119. The first-order valence-electron chi connectivity index (χ1n) is 7.24. The van der Waals surface area contributed by atoms with Crippen molar-refractivity contribution in [2.75, 3.05) is 6.61 Å². The Morgan fingerprint density at radius 3 is 2.67 bits per heavy atom. The second-order valence-electron chi connectivity index (χ2n) is 5.10. The van der Waals surface area contributed by atoms with Crippen LogP contribution in [-0.4, -0.2) is 22.5 Å². The fourth-order valence-electron chi connectivity index (χ4n) is 2.22. The number of carbonyl (C=O) groups is 1. The van der Waals surface area contributed by atoms with Crippen molar-refractivity contribution >= 4 is 28.6 Å². The number of nitrogens with two attached hydrogens (primary N) is 1. The van der Waals surface area contributed by atoms with E-state index in [0.29, 0.717) is 17.1 Å². The highest BCUT2D eigenvalue weighted by Crippen LogP contribution is 2.20. The van der Waals surface area contributed by atoms with Gasteiger partial charge in [0.1, 0.15) is 17.6 Å². The summed E-state index contributed by atoms with van der Waals surface area (Å²) >= 11 is 0. The number of H-pyrrole nitrogens is 1. The number of nitrogens with one attached hydrogen (secondary N) is 1. The molecular weight excluding hydrogens is 304 g/mol. The monoisotopic (exact) mass is 318 g/mol. The van der Waals surface area contributed by atoms with E-state index in [4.69, 9.17) is 10.5 Å². The van der Waals surface area contributed by atoms with Crippen molar-refractivity contribution in [2.24, 2.45) is 5.73 Å². The number of para-hydroxylation sites is 2. The van der Waals surface area contributed by atoms with E-state index >= 15 is 0 Å². The van der Waals surface area contributed by atoms with Crippen LogP contribution in [0.3, 0.4) is 0 Å². The third kappa shape index (κ3) is 3.42. The van der Waals surface area contributed by atoms with Crippen LogP contribution < -0.4 is 10.5 Å². The molecule has 1 amide bonds. The van der Waals surface area contributed by atoms with Crippen molar-refractivity contribution in [3.8, 4) is 11.8 Å². The number of nitriles is 1. The predicted molar refractivity (Wildman–Crippen MR) is 90.7 cm³/mol. The summed E-state index contributed by atoms with van der Waals surface area (Å²) < 4.78 is 5.20. The summed E-state index contributed by atoms with van der Waals surface area (Å²) in [6.45, 7) is -0.169. The van der Waals surface area contributed by atoms with Gasteiger partial charge in [-0.05, 0) is 35.9 Å². The van der Waals surface area contributed by atoms with Gasteiger partial charge in [0.2, 0.25) is 0 Å². The van der Waals surface area contributed by atoms with E-state index in [1.807, 2.05) is 24.3 Å². The van der Waals surface area contributed by atoms with Crippen LogP contribution in [-0.2, 0) is 4.79 Å². The number of hydrogen-bond acceptors (Lipinski definition) is 4. The highest BCUT2D eigenvalue weighted by Gasteiger charge is 2.07. The SMILES string of the molecule is N#C/C(=C/c1ccc(OCC(N)=O)cc1)c1nc2ccccc2[nH]1.